The van der Waals surface area contributed by atoms with Crippen LogP contribution < -0.4 is 21.2 Å². The summed E-state index contributed by atoms with van der Waals surface area (Å²) in [4.78, 5) is 0. The number of alkyl halides is 7. The number of rotatable bonds is 2. The summed E-state index contributed by atoms with van der Waals surface area (Å²) in [5.41, 5.74) is -4.56. The molecule has 0 saturated carbocycles. The van der Waals surface area contributed by atoms with E-state index in [1.165, 1.54) is 0 Å². The van der Waals surface area contributed by atoms with Gasteiger partial charge in [0.15, 0.2) is 13.7 Å². The molecule has 0 aromatic heterocycles. The minimum absolute atomic E-state index is 0.630. The predicted octanol–water partition coefficient (Wildman–Crippen LogP) is -0.133. The van der Waals surface area contributed by atoms with Crippen LogP contribution >= 0.6 is 0 Å². The fraction of sp³-hybridized carbons (Fsp3) is 0.400. The van der Waals surface area contributed by atoms with Crippen molar-refractivity contribution in [2.24, 2.45) is 0 Å². The quantitative estimate of drug-likeness (QED) is 0.208. The second-order valence-corrected chi connectivity index (χ2v) is 7.72. The Balaban J connectivity index is 0.000000433. The standard InChI is InChI=1S/C9H9F3I.CHF3O3S/c1-7-2-4-8(5-3-7)13-6-9(10,11)12;2-1(3,4)8(5,6)7/h2-5H,6H2,1H3;(H,5,6,7)/q+1;/p-1. The summed E-state index contributed by atoms with van der Waals surface area (Å²) in [6, 6.07) is 7.28. The maximum Gasteiger partial charge on any atom is 0.485 e. The summed E-state index contributed by atoms with van der Waals surface area (Å²) < 4.78 is 94.7. The first kappa shape index (κ1) is 20.4. The molecule has 122 valence electrons. The highest BCUT2D eigenvalue weighted by atomic mass is 127. The van der Waals surface area contributed by atoms with Crippen molar-refractivity contribution in [3.63, 3.8) is 0 Å². The summed E-state index contributed by atoms with van der Waals surface area (Å²) in [7, 11) is -6.09. The molecule has 0 unspecified atom stereocenters. The molecule has 1 rings (SSSR count). The molecule has 1 aromatic rings. The van der Waals surface area contributed by atoms with Gasteiger partial charge < -0.3 is 4.55 Å². The molecule has 0 radical (unpaired) electrons. The minimum Gasteiger partial charge on any atom is -0.741 e. The van der Waals surface area contributed by atoms with E-state index in [2.05, 4.69) is 0 Å². The molecular formula is C10H9F6IO3S. The van der Waals surface area contributed by atoms with Gasteiger partial charge in [0.05, 0.1) is 0 Å². The van der Waals surface area contributed by atoms with Crippen LogP contribution in [0.4, 0.5) is 26.3 Å². The predicted molar refractivity (Wildman–Crippen MR) is 56.6 cm³/mol. The van der Waals surface area contributed by atoms with Crippen LogP contribution in [-0.4, -0.2) is 29.1 Å². The Labute approximate surface area is 127 Å². The SMILES string of the molecule is Cc1ccc([I+]CC(F)(F)F)cc1.O=S(=O)([O-])C(F)(F)F. The van der Waals surface area contributed by atoms with Gasteiger partial charge in [-0.05, 0) is 19.1 Å². The molecule has 11 heteroatoms. The topological polar surface area (TPSA) is 57.2 Å². The van der Waals surface area contributed by atoms with Crippen molar-refractivity contribution in [3.05, 3.63) is 33.4 Å². The molecule has 21 heavy (non-hydrogen) atoms. The second kappa shape index (κ2) is 7.63. The van der Waals surface area contributed by atoms with Crippen LogP contribution in [0.15, 0.2) is 24.3 Å². The van der Waals surface area contributed by atoms with Gasteiger partial charge >= 0.3 is 32.9 Å². The Kier molecular flexibility index (Phi) is 7.42. The number of hydrogen-bond donors (Lipinski definition) is 0. The van der Waals surface area contributed by atoms with Gasteiger partial charge in [0.2, 0.25) is 4.43 Å². The van der Waals surface area contributed by atoms with E-state index in [4.69, 9.17) is 13.0 Å². The first-order chi connectivity index (χ1) is 9.22. The van der Waals surface area contributed by atoms with Crippen molar-refractivity contribution >= 4 is 10.1 Å². The van der Waals surface area contributed by atoms with Gasteiger partial charge in [-0.15, -0.1) is 0 Å². The molecule has 0 fully saturated rings. The third-order valence-corrected chi connectivity index (χ3v) is 5.08. The number of halogens is 7. The van der Waals surface area contributed by atoms with Gasteiger partial charge in [0, 0.05) is 0 Å². The zero-order valence-electron chi connectivity index (χ0n) is 10.3. The fourth-order valence-corrected chi connectivity index (χ4v) is 2.52. The highest BCUT2D eigenvalue weighted by Crippen LogP contribution is 2.20. The smallest absolute Gasteiger partial charge is 0.485 e. The highest BCUT2D eigenvalue weighted by Gasteiger charge is 2.37. The lowest BCUT2D eigenvalue weighted by atomic mass is 10.2. The lowest BCUT2D eigenvalue weighted by Gasteiger charge is -2.08. The van der Waals surface area contributed by atoms with Gasteiger partial charge in [-0.25, -0.2) is 8.42 Å². The summed E-state index contributed by atoms with van der Waals surface area (Å²) in [5, 5.41) is 0. The van der Waals surface area contributed by atoms with Crippen LogP contribution in [0, 0.1) is 10.5 Å². The molecule has 3 nitrogen and oxygen atoms in total. The Morgan fingerprint density at radius 3 is 1.71 bits per heavy atom. The van der Waals surface area contributed by atoms with Crippen LogP contribution in [-0.2, 0) is 10.1 Å². The Hall–Kier alpha value is -0.560. The average molecular weight is 450 g/mol. The van der Waals surface area contributed by atoms with Crippen LogP contribution in [0.25, 0.3) is 0 Å². The molecule has 0 atom stereocenters. The van der Waals surface area contributed by atoms with Crippen molar-refractivity contribution in [1.29, 1.82) is 0 Å². The molecule has 0 aliphatic heterocycles. The Morgan fingerprint density at radius 1 is 1.05 bits per heavy atom. The summed E-state index contributed by atoms with van der Waals surface area (Å²) in [6.07, 6.45) is -4.00. The van der Waals surface area contributed by atoms with E-state index < -0.39 is 47.4 Å². The van der Waals surface area contributed by atoms with E-state index >= 15 is 0 Å². The maximum absolute atomic E-state index is 11.8. The van der Waals surface area contributed by atoms with Crippen molar-refractivity contribution in [2.45, 2.75) is 18.6 Å². The molecule has 0 aliphatic carbocycles. The molecule has 1 aromatic carbocycles. The highest BCUT2D eigenvalue weighted by molar-refractivity contribution is 7.86. The zero-order chi connectivity index (χ0) is 16.9. The van der Waals surface area contributed by atoms with Crippen molar-refractivity contribution in [2.75, 3.05) is 4.43 Å². The molecule has 0 heterocycles. The zero-order valence-corrected chi connectivity index (χ0v) is 13.3. The maximum atomic E-state index is 11.8. The Morgan fingerprint density at radius 2 is 1.43 bits per heavy atom. The fourth-order valence-electron chi connectivity index (χ4n) is 0.775. The van der Waals surface area contributed by atoms with Crippen molar-refractivity contribution < 1.29 is 60.5 Å². The molecular weight excluding hydrogens is 441 g/mol. The van der Waals surface area contributed by atoms with E-state index in [0.29, 0.717) is 0 Å². The van der Waals surface area contributed by atoms with E-state index in [1.807, 2.05) is 19.1 Å². The molecule has 0 N–H and O–H groups in total. The van der Waals surface area contributed by atoms with Crippen molar-refractivity contribution in [1.82, 2.24) is 0 Å². The molecule has 0 amide bonds. The van der Waals surface area contributed by atoms with Gasteiger partial charge in [-0.3, -0.25) is 0 Å². The molecule has 0 saturated heterocycles. The number of hydrogen-bond acceptors (Lipinski definition) is 3. The number of aryl methyl sites for hydroxylation is 1. The first-order valence-corrected chi connectivity index (χ1v) is 8.98. The number of benzene rings is 1. The minimum atomic E-state index is -6.09. The third kappa shape index (κ3) is 9.90. The van der Waals surface area contributed by atoms with Crippen LogP contribution in [0.2, 0.25) is 0 Å². The molecule has 0 spiro atoms. The van der Waals surface area contributed by atoms with E-state index in [9.17, 15) is 26.3 Å². The van der Waals surface area contributed by atoms with E-state index in [0.717, 1.165) is 9.13 Å². The lowest BCUT2D eigenvalue weighted by molar-refractivity contribution is -0.650. The summed E-state index contributed by atoms with van der Waals surface area (Å²) >= 11 is -0.901. The van der Waals surface area contributed by atoms with E-state index in [-0.39, 0.29) is 0 Å². The second-order valence-electron chi connectivity index (χ2n) is 3.58. The average Bonchev–Trinajstić information content (AvgIpc) is 2.25. The van der Waals surface area contributed by atoms with Gasteiger partial charge in [-0.2, -0.15) is 26.3 Å². The largest absolute Gasteiger partial charge is 0.741 e. The normalized spacial score (nSPS) is 12.6. The van der Waals surface area contributed by atoms with Crippen molar-refractivity contribution in [3.8, 4) is 0 Å². The van der Waals surface area contributed by atoms with E-state index in [1.54, 1.807) is 12.1 Å². The third-order valence-electron chi connectivity index (χ3n) is 1.67. The summed E-state index contributed by atoms with van der Waals surface area (Å²) in [6.45, 7) is 1.92. The van der Waals surface area contributed by atoms with Crippen LogP contribution in [0.5, 0.6) is 0 Å². The Bertz CT molecular complexity index is 535. The van der Waals surface area contributed by atoms with Gasteiger partial charge in [0.25, 0.3) is 0 Å². The van der Waals surface area contributed by atoms with Crippen LogP contribution in [0.3, 0.4) is 0 Å². The summed E-state index contributed by atoms with van der Waals surface area (Å²) in [5.74, 6) is 0. The van der Waals surface area contributed by atoms with Crippen LogP contribution in [0.1, 0.15) is 5.56 Å². The van der Waals surface area contributed by atoms with Gasteiger partial charge in [-0.1, -0.05) is 17.7 Å². The van der Waals surface area contributed by atoms with Gasteiger partial charge in [0.1, 0.15) is 0 Å². The molecule has 0 bridgehead atoms. The first-order valence-electron chi connectivity index (χ1n) is 4.97. The monoisotopic (exact) mass is 450 g/mol. The molecule has 0 aliphatic rings. The lowest BCUT2D eigenvalue weighted by Crippen LogP contribution is -3.63.